The van der Waals surface area contributed by atoms with E-state index in [0.29, 0.717) is 23.5 Å². The van der Waals surface area contributed by atoms with E-state index in [-0.39, 0.29) is 24.3 Å². The van der Waals surface area contributed by atoms with Crippen LogP contribution in [0.4, 0.5) is 10.1 Å². The van der Waals surface area contributed by atoms with Crippen molar-refractivity contribution in [3.63, 3.8) is 0 Å². The molecule has 1 heterocycles. The lowest BCUT2D eigenvalue weighted by molar-refractivity contribution is -0.118. The van der Waals surface area contributed by atoms with Gasteiger partial charge in [-0.3, -0.25) is 14.1 Å². The Balaban J connectivity index is 1.52. The monoisotopic (exact) mass is 369 g/mol. The van der Waals surface area contributed by atoms with Gasteiger partial charge in [0.15, 0.2) is 18.2 Å². The summed E-state index contributed by atoms with van der Waals surface area (Å²) in [4.78, 5) is 27.3. The van der Waals surface area contributed by atoms with Gasteiger partial charge in [0, 0.05) is 17.7 Å². The van der Waals surface area contributed by atoms with E-state index in [1.165, 1.54) is 19.1 Å². The molecule has 0 unspecified atom stereocenters. The zero-order valence-corrected chi connectivity index (χ0v) is 14.4. The van der Waals surface area contributed by atoms with Crippen LogP contribution in [0.3, 0.4) is 0 Å². The number of amides is 1. The Bertz CT molecular complexity index is 954. The molecule has 0 radical (unpaired) electrons. The second kappa shape index (κ2) is 8.22. The van der Waals surface area contributed by atoms with Gasteiger partial charge in [0.2, 0.25) is 0 Å². The number of hydrogen-bond acceptors (Lipinski definition) is 6. The molecule has 0 aliphatic carbocycles. The van der Waals surface area contributed by atoms with Crippen LogP contribution in [-0.2, 0) is 11.2 Å². The summed E-state index contributed by atoms with van der Waals surface area (Å²) in [5.41, 5.74) is 1.79. The number of aromatic nitrogens is 2. The normalized spacial score (nSPS) is 10.4. The molecule has 1 N–H and O–H groups in total. The van der Waals surface area contributed by atoms with E-state index in [1.807, 2.05) is 0 Å². The van der Waals surface area contributed by atoms with E-state index in [1.54, 1.807) is 36.4 Å². The molecule has 0 fully saturated rings. The Kier molecular flexibility index (Phi) is 5.55. The molecule has 3 aromatic rings. The first-order valence-corrected chi connectivity index (χ1v) is 8.10. The molecule has 0 spiro atoms. The van der Waals surface area contributed by atoms with Crippen LogP contribution in [0.2, 0.25) is 0 Å². The number of rotatable bonds is 7. The van der Waals surface area contributed by atoms with Crippen molar-refractivity contribution in [3.05, 3.63) is 71.3 Å². The van der Waals surface area contributed by atoms with Gasteiger partial charge < -0.3 is 10.1 Å². The maximum Gasteiger partial charge on any atom is 0.417 e. The molecule has 0 bridgehead atoms. The molecule has 1 aromatic heterocycles. The first-order chi connectivity index (χ1) is 13.0. The molecule has 1 amide bonds. The number of anilines is 1. The van der Waals surface area contributed by atoms with E-state index in [0.717, 1.165) is 5.56 Å². The third-order valence-corrected chi connectivity index (χ3v) is 3.60. The number of carbonyl (C=O) groups is 2. The van der Waals surface area contributed by atoms with Crippen LogP contribution < -0.4 is 10.1 Å². The Morgan fingerprint density at radius 1 is 1.19 bits per heavy atom. The number of nitrogens with one attached hydrogen (secondary N) is 1. The molecular formula is C19H16FN3O4. The van der Waals surface area contributed by atoms with Gasteiger partial charge in [-0.1, -0.05) is 29.4 Å². The first kappa shape index (κ1) is 18.2. The van der Waals surface area contributed by atoms with Crippen molar-refractivity contribution in [1.82, 2.24) is 10.1 Å². The summed E-state index contributed by atoms with van der Waals surface area (Å²) in [6.45, 7) is 1.12. The van der Waals surface area contributed by atoms with Gasteiger partial charge in [0.05, 0.1) is 0 Å². The maximum atomic E-state index is 12.9. The van der Waals surface area contributed by atoms with Crippen molar-refractivity contribution in [2.24, 2.45) is 0 Å². The molecule has 27 heavy (non-hydrogen) atoms. The van der Waals surface area contributed by atoms with E-state index in [2.05, 4.69) is 15.5 Å². The zero-order valence-electron chi connectivity index (χ0n) is 14.4. The maximum absolute atomic E-state index is 12.9. The quantitative estimate of drug-likeness (QED) is 0.644. The number of ketones is 1. The third-order valence-electron chi connectivity index (χ3n) is 3.60. The lowest BCUT2D eigenvalue weighted by atomic mass is 10.1. The number of halogens is 1. The minimum absolute atomic E-state index is 0.0955. The second-order valence-electron chi connectivity index (χ2n) is 5.75. The first-order valence-electron chi connectivity index (χ1n) is 8.10. The molecule has 0 atom stereocenters. The minimum atomic E-state index is -0.436. The molecular weight excluding hydrogens is 353 g/mol. The molecule has 2 aromatic carbocycles. The SMILES string of the molecule is CC(=O)c1cccc(NC(=O)COc2nc(Cc3ccc(F)cc3)no2)c1. The minimum Gasteiger partial charge on any atom is -0.439 e. The van der Waals surface area contributed by atoms with Crippen molar-refractivity contribution in [2.45, 2.75) is 13.3 Å². The Morgan fingerprint density at radius 2 is 1.96 bits per heavy atom. The number of benzene rings is 2. The van der Waals surface area contributed by atoms with Crippen LogP contribution in [-0.4, -0.2) is 28.4 Å². The summed E-state index contributed by atoms with van der Waals surface area (Å²) < 4.78 is 23.0. The predicted molar refractivity (Wildman–Crippen MR) is 94.1 cm³/mol. The molecule has 0 aliphatic heterocycles. The van der Waals surface area contributed by atoms with Crippen LogP contribution in [0.15, 0.2) is 53.1 Å². The van der Waals surface area contributed by atoms with Crippen molar-refractivity contribution in [1.29, 1.82) is 0 Å². The van der Waals surface area contributed by atoms with Gasteiger partial charge in [-0.15, -0.1) is 0 Å². The number of nitrogens with zero attached hydrogens (tertiary/aromatic N) is 2. The van der Waals surface area contributed by atoms with Gasteiger partial charge in [-0.05, 0) is 36.8 Å². The number of Topliss-reactive ketones (excluding diaryl/α,β-unsaturated/α-hetero) is 1. The lowest BCUT2D eigenvalue weighted by Crippen LogP contribution is -2.20. The van der Waals surface area contributed by atoms with Crippen LogP contribution in [0.25, 0.3) is 0 Å². The van der Waals surface area contributed by atoms with E-state index in [4.69, 9.17) is 9.26 Å². The van der Waals surface area contributed by atoms with E-state index in [9.17, 15) is 14.0 Å². The molecule has 8 heteroatoms. The Hall–Kier alpha value is -3.55. The fourth-order valence-corrected chi connectivity index (χ4v) is 2.29. The van der Waals surface area contributed by atoms with E-state index >= 15 is 0 Å². The largest absolute Gasteiger partial charge is 0.439 e. The fourth-order valence-electron chi connectivity index (χ4n) is 2.29. The number of hydrogen-bond donors (Lipinski definition) is 1. The lowest BCUT2D eigenvalue weighted by Gasteiger charge is -2.06. The summed E-state index contributed by atoms with van der Waals surface area (Å²) >= 11 is 0. The highest BCUT2D eigenvalue weighted by molar-refractivity contribution is 5.97. The smallest absolute Gasteiger partial charge is 0.417 e. The Morgan fingerprint density at radius 3 is 2.70 bits per heavy atom. The van der Waals surface area contributed by atoms with Crippen molar-refractivity contribution in [2.75, 3.05) is 11.9 Å². The van der Waals surface area contributed by atoms with Gasteiger partial charge in [0.25, 0.3) is 5.91 Å². The highest BCUT2D eigenvalue weighted by atomic mass is 19.1. The second-order valence-corrected chi connectivity index (χ2v) is 5.75. The van der Waals surface area contributed by atoms with Gasteiger partial charge in [-0.2, -0.15) is 4.98 Å². The topological polar surface area (TPSA) is 94.3 Å². The number of carbonyl (C=O) groups excluding carboxylic acids is 2. The van der Waals surface area contributed by atoms with Crippen LogP contribution in [0, 0.1) is 5.82 Å². The van der Waals surface area contributed by atoms with Crippen molar-refractivity contribution < 1.29 is 23.2 Å². The van der Waals surface area contributed by atoms with E-state index < -0.39 is 5.91 Å². The molecule has 138 valence electrons. The zero-order chi connectivity index (χ0) is 19.2. The van der Waals surface area contributed by atoms with Crippen LogP contribution >= 0.6 is 0 Å². The molecule has 0 saturated carbocycles. The summed E-state index contributed by atoms with van der Waals surface area (Å²) in [6.07, 6.45) is 0.205. The molecule has 0 aliphatic rings. The van der Waals surface area contributed by atoms with Gasteiger partial charge >= 0.3 is 6.08 Å². The van der Waals surface area contributed by atoms with Crippen molar-refractivity contribution >= 4 is 17.4 Å². The molecule has 3 rings (SSSR count). The fraction of sp³-hybridized carbons (Fsp3) is 0.158. The number of ether oxygens (including phenoxy) is 1. The third kappa shape index (κ3) is 5.21. The summed E-state index contributed by atoms with van der Waals surface area (Å²) in [5.74, 6) is -0.502. The molecule has 7 nitrogen and oxygen atoms in total. The van der Waals surface area contributed by atoms with Gasteiger partial charge in [-0.25, -0.2) is 4.39 Å². The van der Waals surface area contributed by atoms with Crippen LogP contribution in [0.1, 0.15) is 28.7 Å². The molecule has 0 saturated heterocycles. The standard InChI is InChI=1S/C19H16FN3O4/c1-12(24)14-3-2-4-16(10-14)21-18(25)11-26-19-22-17(23-27-19)9-13-5-7-15(20)8-6-13/h2-8,10H,9,11H2,1H3,(H,21,25). The van der Waals surface area contributed by atoms with Crippen molar-refractivity contribution in [3.8, 4) is 6.08 Å². The summed E-state index contributed by atoms with van der Waals surface area (Å²) in [5, 5.41) is 6.37. The highest BCUT2D eigenvalue weighted by Crippen LogP contribution is 2.13. The highest BCUT2D eigenvalue weighted by Gasteiger charge is 2.11. The summed E-state index contributed by atoms with van der Waals surface area (Å²) in [7, 11) is 0. The van der Waals surface area contributed by atoms with Gasteiger partial charge in [0.1, 0.15) is 5.82 Å². The van der Waals surface area contributed by atoms with Crippen LogP contribution in [0.5, 0.6) is 6.08 Å². The Labute approximate surface area is 154 Å². The average molecular weight is 369 g/mol. The summed E-state index contributed by atoms with van der Waals surface area (Å²) in [6, 6.07) is 12.5. The average Bonchev–Trinajstić information content (AvgIpc) is 3.09. The predicted octanol–water partition coefficient (Wildman–Crippen LogP) is 3.02.